The van der Waals surface area contributed by atoms with Gasteiger partial charge in [-0.3, -0.25) is 0 Å². The SMILES string of the molecule is C[C@@]12CCC[C@H]1[C@@H]1OCC3=CCCC[C@]3(C)[C@H]1CC2. The Kier molecular flexibility index (Phi) is 2.68. The van der Waals surface area contributed by atoms with Crippen LogP contribution in [0.4, 0.5) is 0 Å². The fourth-order valence-electron chi connectivity index (χ4n) is 5.95. The van der Waals surface area contributed by atoms with E-state index in [2.05, 4.69) is 19.9 Å². The van der Waals surface area contributed by atoms with Gasteiger partial charge in [-0.2, -0.15) is 0 Å². The molecule has 4 aliphatic rings. The van der Waals surface area contributed by atoms with Gasteiger partial charge in [-0.15, -0.1) is 0 Å². The zero-order valence-corrected chi connectivity index (χ0v) is 12.6. The standard InChI is InChI=1S/C18H28O/c1-17-9-5-7-14(17)16-15(8-11-17)18(2)10-4-3-6-13(18)12-19-16/h6,14-16H,3-5,7-12H2,1-2H3/t14-,15-,16-,17-,18-/m0/s1. The van der Waals surface area contributed by atoms with Crippen molar-refractivity contribution >= 4 is 0 Å². The molecule has 5 atom stereocenters. The van der Waals surface area contributed by atoms with Gasteiger partial charge in [0.05, 0.1) is 12.7 Å². The van der Waals surface area contributed by atoms with Gasteiger partial charge in [0, 0.05) is 0 Å². The van der Waals surface area contributed by atoms with Crippen LogP contribution in [0.15, 0.2) is 11.6 Å². The Morgan fingerprint density at radius 2 is 1.95 bits per heavy atom. The normalized spacial score (nSPS) is 52.9. The van der Waals surface area contributed by atoms with E-state index in [9.17, 15) is 0 Å². The number of ether oxygens (including phenoxy) is 1. The van der Waals surface area contributed by atoms with Crippen molar-refractivity contribution in [1.82, 2.24) is 0 Å². The Hall–Kier alpha value is -0.300. The first-order valence-electron chi connectivity index (χ1n) is 8.45. The number of fused-ring (bicyclic) bond motifs is 5. The van der Waals surface area contributed by atoms with Crippen molar-refractivity contribution in [3.63, 3.8) is 0 Å². The number of allylic oxidation sites excluding steroid dienone is 1. The van der Waals surface area contributed by atoms with E-state index in [1.54, 1.807) is 5.57 Å². The Morgan fingerprint density at radius 1 is 1.05 bits per heavy atom. The maximum Gasteiger partial charge on any atom is 0.0686 e. The van der Waals surface area contributed by atoms with E-state index in [0.717, 1.165) is 18.4 Å². The van der Waals surface area contributed by atoms with E-state index in [1.807, 2.05) is 0 Å². The molecule has 19 heavy (non-hydrogen) atoms. The molecule has 1 heterocycles. The third kappa shape index (κ3) is 1.63. The van der Waals surface area contributed by atoms with Gasteiger partial charge in [-0.1, -0.05) is 26.3 Å². The fourth-order valence-corrected chi connectivity index (χ4v) is 5.95. The summed E-state index contributed by atoms with van der Waals surface area (Å²) in [6.45, 7) is 6.03. The predicted molar refractivity (Wildman–Crippen MR) is 78.0 cm³/mol. The van der Waals surface area contributed by atoms with Gasteiger partial charge in [0.1, 0.15) is 0 Å². The van der Waals surface area contributed by atoms with Gasteiger partial charge < -0.3 is 4.74 Å². The van der Waals surface area contributed by atoms with Crippen LogP contribution in [0, 0.1) is 22.7 Å². The highest BCUT2D eigenvalue weighted by molar-refractivity contribution is 5.23. The quantitative estimate of drug-likeness (QED) is 0.573. The van der Waals surface area contributed by atoms with Gasteiger partial charge in [0.15, 0.2) is 0 Å². The summed E-state index contributed by atoms with van der Waals surface area (Å²) in [7, 11) is 0. The van der Waals surface area contributed by atoms with Crippen LogP contribution in [0.3, 0.4) is 0 Å². The predicted octanol–water partition coefficient (Wildman–Crippen LogP) is 4.72. The lowest BCUT2D eigenvalue weighted by Crippen LogP contribution is -2.54. The molecule has 0 radical (unpaired) electrons. The molecule has 0 bridgehead atoms. The van der Waals surface area contributed by atoms with Crippen LogP contribution in [0.2, 0.25) is 0 Å². The van der Waals surface area contributed by atoms with Crippen molar-refractivity contribution in [3.8, 4) is 0 Å². The van der Waals surface area contributed by atoms with Gasteiger partial charge in [-0.25, -0.2) is 0 Å². The maximum atomic E-state index is 6.43. The van der Waals surface area contributed by atoms with Crippen molar-refractivity contribution in [3.05, 3.63) is 11.6 Å². The number of hydrogen-bond acceptors (Lipinski definition) is 1. The van der Waals surface area contributed by atoms with Crippen LogP contribution in [0.5, 0.6) is 0 Å². The second-order valence-electron chi connectivity index (χ2n) is 8.11. The van der Waals surface area contributed by atoms with Crippen LogP contribution < -0.4 is 0 Å². The Bertz CT molecular complexity index is 412. The second-order valence-corrected chi connectivity index (χ2v) is 8.11. The molecule has 4 rings (SSSR count). The van der Waals surface area contributed by atoms with Gasteiger partial charge in [0.25, 0.3) is 0 Å². The van der Waals surface area contributed by atoms with Crippen LogP contribution in [0.1, 0.15) is 65.2 Å². The average molecular weight is 260 g/mol. The van der Waals surface area contributed by atoms with Gasteiger partial charge in [0.2, 0.25) is 0 Å². The summed E-state index contributed by atoms with van der Waals surface area (Å²) < 4.78 is 6.43. The molecular formula is C18H28O. The highest BCUT2D eigenvalue weighted by atomic mass is 16.5. The van der Waals surface area contributed by atoms with E-state index in [1.165, 1.54) is 51.4 Å². The number of hydrogen-bond donors (Lipinski definition) is 0. The average Bonchev–Trinajstić information content (AvgIpc) is 2.79. The molecule has 0 spiro atoms. The molecule has 1 aliphatic heterocycles. The minimum atomic E-state index is 0.477. The summed E-state index contributed by atoms with van der Waals surface area (Å²) in [5, 5.41) is 0. The monoisotopic (exact) mass is 260 g/mol. The summed E-state index contributed by atoms with van der Waals surface area (Å²) in [4.78, 5) is 0. The Balaban J connectivity index is 1.69. The highest BCUT2D eigenvalue weighted by Gasteiger charge is 2.56. The molecule has 1 nitrogen and oxygen atoms in total. The molecule has 3 aliphatic carbocycles. The third-order valence-corrected chi connectivity index (χ3v) is 7.25. The lowest BCUT2D eigenvalue weighted by atomic mass is 9.53. The van der Waals surface area contributed by atoms with Crippen LogP contribution in [-0.4, -0.2) is 12.7 Å². The summed E-state index contributed by atoms with van der Waals surface area (Å²) in [5.74, 6) is 1.66. The minimum Gasteiger partial charge on any atom is -0.373 e. The lowest BCUT2D eigenvalue weighted by Gasteiger charge is -2.56. The first-order chi connectivity index (χ1) is 9.13. The van der Waals surface area contributed by atoms with Crippen LogP contribution in [0.25, 0.3) is 0 Å². The maximum absolute atomic E-state index is 6.43. The summed E-state index contributed by atoms with van der Waals surface area (Å²) in [6.07, 6.45) is 14.3. The zero-order valence-electron chi connectivity index (χ0n) is 12.6. The van der Waals surface area contributed by atoms with Gasteiger partial charge >= 0.3 is 0 Å². The topological polar surface area (TPSA) is 9.23 Å². The van der Waals surface area contributed by atoms with E-state index >= 15 is 0 Å². The molecule has 1 saturated heterocycles. The van der Waals surface area contributed by atoms with E-state index < -0.39 is 0 Å². The molecule has 0 unspecified atom stereocenters. The molecule has 0 N–H and O–H groups in total. The van der Waals surface area contributed by atoms with Crippen molar-refractivity contribution in [1.29, 1.82) is 0 Å². The summed E-state index contributed by atoms with van der Waals surface area (Å²) in [6, 6.07) is 0. The van der Waals surface area contributed by atoms with Crippen LogP contribution in [-0.2, 0) is 4.74 Å². The smallest absolute Gasteiger partial charge is 0.0686 e. The molecule has 0 amide bonds. The van der Waals surface area contributed by atoms with E-state index in [4.69, 9.17) is 4.74 Å². The second kappa shape index (κ2) is 4.10. The summed E-state index contributed by atoms with van der Waals surface area (Å²) in [5.41, 5.74) is 2.72. The molecule has 106 valence electrons. The van der Waals surface area contributed by atoms with Crippen molar-refractivity contribution in [2.45, 2.75) is 71.3 Å². The van der Waals surface area contributed by atoms with Crippen molar-refractivity contribution < 1.29 is 4.74 Å². The molecular weight excluding hydrogens is 232 g/mol. The molecule has 2 saturated carbocycles. The Labute approximate surface area is 117 Å². The van der Waals surface area contributed by atoms with E-state index in [-0.39, 0.29) is 0 Å². The van der Waals surface area contributed by atoms with Gasteiger partial charge in [-0.05, 0) is 73.2 Å². The molecule has 1 heteroatoms. The summed E-state index contributed by atoms with van der Waals surface area (Å²) >= 11 is 0. The van der Waals surface area contributed by atoms with Crippen molar-refractivity contribution in [2.75, 3.05) is 6.61 Å². The lowest BCUT2D eigenvalue weighted by molar-refractivity contribution is -0.141. The zero-order chi connectivity index (χ0) is 13.1. The number of rotatable bonds is 0. The molecule has 0 aromatic carbocycles. The molecule has 0 aromatic heterocycles. The fraction of sp³-hybridized carbons (Fsp3) is 0.889. The van der Waals surface area contributed by atoms with Crippen molar-refractivity contribution in [2.24, 2.45) is 22.7 Å². The third-order valence-electron chi connectivity index (χ3n) is 7.25. The largest absolute Gasteiger partial charge is 0.373 e. The molecule has 3 fully saturated rings. The van der Waals surface area contributed by atoms with E-state index in [0.29, 0.717) is 16.9 Å². The Morgan fingerprint density at radius 3 is 2.84 bits per heavy atom. The minimum absolute atomic E-state index is 0.477. The van der Waals surface area contributed by atoms with Crippen LogP contribution >= 0.6 is 0 Å². The first-order valence-corrected chi connectivity index (χ1v) is 8.45. The molecule has 0 aromatic rings. The highest BCUT2D eigenvalue weighted by Crippen LogP contribution is 2.61. The first kappa shape index (κ1) is 12.4.